The molecule has 2 aromatic carbocycles. The molecule has 0 aromatic heterocycles. The Morgan fingerprint density at radius 3 is 2.17 bits per heavy atom. The van der Waals surface area contributed by atoms with E-state index in [-0.39, 0.29) is 23.4 Å². The van der Waals surface area contributed by atoms with Crippen molar-refractivity contribution in [3.63, 3.8) is 0 Å². The highest BCUT2D eigenvalue weighted by molar-refractivity contribution is 6.36. The number of methoxy groups -OCH3 is 1. The van der Waals surface area contributed by atoms with Crippen molar-refractivity contribution in [2.24, 2.45) is 0 Å². The topological polar surface area (TPSA) is 67.4 Å². The molecule has 7 heteroatoms. The van der Waals surface area contributed by atoms with Crippen LogP contribution in [0, 0.1) is 0 Å². The molecule has 2 aromatic rings. The number of halogens is 2. The standard InChI is InChI=1S/C17H16Cl2N2O3/c1-24-13-5-2-11(3-6-13)16(22)20-8-9-21-17(23)14-7-4-12(18)10-15(14)19/h2-7,10H,8-9H2,1H3,(H,20,22)(H,21,23). The number of ether oxygens (including phenoxy) is 1. The SMILES string of the molecule is COc1ccc(C(=O)NCCNC(=O)c2ccc(Cl)cc2Cl)cc1. The van der Waals surface area contributed by atoms with Gasteiger partial charge in [-0.15, -0.1) is 0 Å². The van der Waals surface area contributed by atoms with Gasteiger partial charge < -0.3 is 15.4 Å². The van der Waals surface area contributed by atoms with Gasteiger partial charge in [0.25, 0.3) is 11.8 Å². The second kappa shape index (κ2) is 8.57. The quantitative estimate of drug-likeness (QED) is 0.771. The highest BCUT2D eigenvalue weighted by Crippen LogP contribution is 2.20. The minimum absolute atomic E-state index is 0.226. The summed E-state index contributed by atoms with van der Waals surface area (Å²) in [7, 11) is 1.56. The van der Waals surface area contributed by atoms with Crippen LogP contribution in [-0.2, 0) is 0 Å². The van der Waals surface area contributed by atoms with Crippen molar-refractivity contribution in [3.05, 3.63) is 63.6 Å². The highest BCUT2D eigenvalue weighted by atomic mass is 35.5. The molecule has 0 saturated heterocycles. The molecule has 0 aliphatic rings. The van der Waals surface area contributed by atoms with E-state index in [2.05, 4.69) is 10.6 Å². The van der Waals surface area contributed by atoms with Crippen LogP contribution in [0.2, 0.25) is 10.0 Å². The van der Waals surface area contributed by atoms with Gasteiger partial charge in [0, 0.05) is 23.7 Å². The lowest BCUT2D eigenvalue weighted by Gasteiger charge is -2.09. The molecule has 0 saturated carbocycles. The van der Waals surface area contributed by atoms with Crippen LogP contribution in [0.25, 0.3) is 0 Å². The third kappa shape index (κ3) is 4.88. The average molecular weight is 367 g/mol. The normalized spacial score (nSPS) is 10.1. The molecule has 0 aliphatic carbocycles. The second-order valence-electron chi connectivity index (χ2n) is 4.86. The lowest BCUT2D eigenvalue weighted by Crippen LogP contribution is -2.34. The monoisotopic (exact) mass is 366 g/mol. The molecule has 5 nitrogen and oxygen atoms in total. The third-order valence-corrected chi connectivity index (χ3v) is 3.77. The summed E-state index contributed by atoms with van der Waals surface area (Å²) < 4.78 is 5.03. The molecule has 2 N–H and O–H groups in total. The predicted octanol–water partition coefficient (Wildman–Crippen LogP) is 3.16. The lowest BCUT2D eigenvalue weighted by molar-refractivity contribution is 0.0927. The van der Waals surface area contributed by atoms with Gasteiger partial charge in [-0.2, -0.15) is 0 Å². The van der Waals surface area contributed by atoms with E-state index >= 15 is 0 Å². The van der Waals surface area contributed by atoms with Crippen molar-refractivity contribution < 1.29 is 14.3 Å². The summed E-state index contributed by atoms with van der Waals surface area (Å²) in [6, 6.07) is 11.4. The van der Waals surface area contributed by atoms with Crippen molar-refractivity contribution in [3.8, 4) is 5.75 Å². The van der Waals surface area contributed by atoms with Gasteiger partial charge in [0.1, 0.15) is 5.75 Å². The number of nitrogens with one attached hydrogen (secondary N) is 2. The highest BCUT2D eigenvalue weighted by Gasteiger charge is 2.10. The Bertz CT molecular complexity index is 733. The van der Waals surface area contributed by atoms with Crippen LogP contribution in [0.3, 0.4) is 0 Å². The Kier molecular flexibility index (Phi) is 6.46. The average Bonchev–Trinajstić information content (AvgIpc) is 2.58. The molecule has 0 unspecified atom stereocenters. The Morgan fingerprint density at radius 1 is 0.958 bits per heavy atom. The van der Waals surface area contributed by atoms with Crippen LogP contribution >= 0.6 is 23.2 Å². The van der Waals surface area contributed by atoms with Crippen LogP contribution in [0.15, 0.2) is 42.5 Å². The fourth-order valence-electron chi connectivity index (χ4n) is 1.97. The molecule has 0 atom stereocenters. The van der Waals surface area contributed by atoms with Gasteiger partial charge in [-0.1, -0.05) is 23.2 Å². The summed E-state index contributed by atoms with van der Waals surface area (Å²) in [6.07, 6.45) is 0. The van der Waals surface area contributed by atoms with Crippen LogP contribution in [-0.4, -0.2) is 32.0 Å². The fraction of sp³-hybridized carbons (Fsp3) is 0.176. The number of carbonyl (C=O) groups excluding carboxylic acids is 2. The number of hydrogen-bond acceptors (Lipinski definition) is 3. The molecular weight excluding hydrogens is 351 g/mol. The zero-order valence-electron chi connectivity index (χ0n) is 12.9. The Balaban J connectivity index is 1.79. The minimum Gasteiger partial charge on any atom is -0.497 e. The number of rotatable bonds is 6. The van der Waals surface area contributed by atoms with Crippen LogP contribution in [0.1, 0.15) is 20.7 Å². The van der Waals surface area contributed by atoms with E-state index < -0.39 is 0 Å². The maximum Gasteiger partial charge on any atom is 0.252 e. The molecule has 2 amide bonds. The van der Waals surface area contributed by atoms with Gasteiger partial charge in [0.2, 0.25) is 0 Å². The van der Waals surface area contributed by atoms with E-state index in [0.29, 0.717) is 28.4 Å². The largest absolute Gasteiger partial charge is 0.497 e. The van der Waals surface area contributed by atoms with Gasteiger partial charge in [0.05, 0.1) is 17.7 Å². The summed E-state index contributed by atoms with van der Waals surface area (Å²) >= 11 is 11.8. The van der Waals surface area contributed by atoms with Gasteiger partial charge in [-0.05, 0) is 42.5 Å². The summed E-state index contributed by atoms with van der Waals surface area (Å²) in [5.74, 6) is 0.130. The molecule has 0 fully saturated rings. The summed E-state index contributed by atoms with van der Waals surface area (Å²) in [4.78, 5) is 23.9. The number of hydrogen-bond donors (Lipinski definition) is 2. The predicted molar refractivity (Wildman–Crippen MR) is 94.1 cm³/mol. The van der Waals surface area contributed by atoms with Crippen LogP contribution < -0.4 is 15.4 Å². The molecule has 0 radical (unpaired) electrons. The lowest BCUT2D eigenvalue weighted by atomic mass is 10.2. The van der Waals surface area contributed by atoms with Crippen LogP contribution in [0.4, 0.5) is 0 Å². The molecule has 0 heterocycles. The molecular formula is C17H16Cl2N2O3. The number of carbonyl (C=O) groups is 2. The Labute approximate surface area is 149 Å². The minimum atomic E-state index is -0.324. The van der Waals surface area contributed by atoms with Gasteiger partial charge in [-0.25, -0.2) is 0 Å². The van der Waals surface area contributed by atoms with E-state index in [1.165, 1.54) is 6.07 Å². The zero-order chi connectivity index (χ0) is 17.5. The first-order chi connectivity index (χ1) is 11.5. The molecule has 0 spiro atoms. The van der Waals surface area contributed by atoms with E-state index in [0.717, 1.165) is 0 Å². The van der Waals surface area contributed by atoms with Gasteiger partial charge in [-0.3, -0.25) is 9.59 Å². The first-order valence-corrected chi connectivity index (χ1v) is 7.92. The Hall–Kier alpha value is -2.24. The summed E-state index contributed by atoms with van der Waals surface area (Å²) in [6.45, 7) is 0.571. The van der Waals surface area contributed by atoms with E-state index in [1.807, 2.05) is 0 Å². The van der Waals surface area contributed by atoms with Crippen LogP contribution in [0.5, 0.6) is 5.75 Å². The van der Waals surface area contributed by atoms with Crippen molar-refractivity contribution in [1.29, 1.82) is 0 Å². The van der Waals surface area contributed by atoms with Gasteiger partial charge >= 0.3 is 0 Å². The zero-order valence-corrected chi connectivity index (χ0v) is 14.4. The van der Waals surface area contributed by atoms with Crippen molar-refractivity contribution in [2.75, 3.05) is 20.2 Å². The molecule has 24 heavy (non-hydrogen) atoms. The van der Waals surface area contributed by atoms with Gasteiger partial charge in [0.15, 0.2) is 0 Å². The maximum absolute atomic E-state index is 12.0. The summed E-state index contributed by atoms with van der Waals surface area (Å²) in [5, 5.41) is 6.14. The van der Waals surface area contributed by atoms with Crippen molar-refractivity contribution in [2.45, 2.75) is 0 Å². The van der Waals surface area contributed by atoms with Crippen molar-refractivity contribution >= 4 is 35.0 Å². The Morgan fingerprint density at radius 2 is 1.58 bits per heavy atom. The second-order valence-corrected chi connectivity index (χ2v) is 5.71. The molecule has 126 valence electrons. The molecule has 0 bridgehead atoms. The van der Waals surface area contributed by atoms with Crippen molar-refractivity contribution in [1.82, 2.24) is 10.6 Å². The maximum atomic E-state index is 12.0. The first-order valence-electron chi connectivity index (χ1n) is 7.17. The van der Waals surface area contributed by atoms with E-state index in [9.17, 15) is 9.59 Å². The summed E-state index contributed by atoms with van der Waals surface area (Å²) in [5.41, 5.74) is 0.852. The number of benzene rings is 2. The van der Waals surface area contributed by atoms with E-state index in [4.69, 9.17) is 27.9 Å². The number of amides is 2. The fourth-order valence-corrected chi connectivity index (χ4v) is 2.46. The first kappa shape index (κ1) is 18.1. The molecule has 2 rings (SSSR count). The molecule has 0 aliphatic heterocycles. The third-order valence-electron chi connectivity index (χ3n) is 3.22. The smallest absolute Gasteiger partial charge is 0.252 e. The van der Waals surface area contributed by atoms with E-state index in [1.54, 1.807) is 43.5 Å².